The Labute approximate surface area is 184 Å². The van der Waals surface area contributed by atoms with Gasteiger partial charge in [0.2, 0.25) is 5.91 Å². The molecule has 0 saturated carbocycles. The van der Waals surface area contributed by atoms with E-state index in [1.807, 2.05) is 0 Å². The lowest BCUT2D eigenvalue weighted by molar-refractivity contribution is -0.118. The van der Waals surface area contributed by atoms with Crippen molar-refractivity contribution in [1.82, 2.24) is 0 Å². The highest BCUT2D eigenvalue weighted by molar-refractivity contribution is 6.35. The summed E-state index contributed by atoms with van der Waals surface area (Å²) in [6.07, 6.45) is 0. The summed E-state index contributed by atoms with van der Waals surface area (Å²) < 4.78 is 11.0. The minimum atomic E-state index is -0.444. The Bertz CT molecular complexity index is 1090. The molecule has 0 unspecified atom stereocenters. The number of amides is 2. The van der Waals surface area contributed by atoms with Gasteiger partial charge in [-0.1, -0.05) is 37.0 Å². The van der Waals surface area contributed by atoms with Crippen molar-refractivity contribution in [3.63, 3.8) is 0 Å². The highest BCUT2D eigenvalue weighted by Crippen LogP contribution is 2.32. The van der Waals surface area contributed by atoms with Gasteiger partial charge in [0.15, 0.2) is 5.76 Å². The van der Waals surface area contributed by atoms with Gasteiger partial charge in [-0.05, 0) is 42.5 Å². The molecule has 30 heavy (non-hydrogen) atoms. The summed E-state index contributed by atoms with van der Waals surface area (Å²) in [5.41, 5.74) is 1.60. The molecule has 2 aromatic carbocycles. The monoisotopic (exact) mass is 446 g/mol. The van der Waals surface area contributed by atoms with Crippen LogP contribution in [0.1, 0.15) is 24.4 Å². The highest BCUT2D eigenvalue weighted by atomic mass is 35.5. The number of furan rings is 1. The zero-order chi connectivity index (χ0) is 21.8. The molecule has 0 saturated heterocycles. The van der Waals surface area contributed by atoms with E-state index in [9.17, 15) is 9.59 Å². The number of methoxy groups -OCH3 is 1. The molecular formula is C22H20Cl2N2O4. The van der Waals surface area contributed by atoms with Gasteiger partial charge in [0.25, 0.3) is 5.91 Å². The lowest BCUT2D eigenvalue weighted by Gasteiger charge is -2.13. The Hall–Kier alpha value is -2.96. The third-order valence-electron chi connectivity index (χ3n) is 4.27. The number of halogens is 2. The summed E-state index contributed by atoms with van der Waals surface area (Å²) in [7, 11) is 1.49. The molecule has 0 spiro atoms. The normalized spacial score (nSPS) is 10.7. The molecule has 1 heterocycles. The molecule has 3 rings (SSSR count). The number of carbonyl (C=O) groups excluding carboxylic acids is 2. The molecule has 2 amide bonds. The molecule has 0 atom stereocenters. The fourth-order valence-electron chi connectivity index (χ4n) is 2.63. The van der Waals surface area contributed by atoms with E-state index in [0.29, 0.717) is 38.5 Å². The number of benzene rings is 2. The number of anilines is 2. The van der Waals surface area contributed by atoms with Gasteiger partial charge < -0.3 is 19.8 Å². The average molecular weight is 447 g/mol. The smallest absolute Gasteiger partial charge is 0.291 e. The average Bonchev–Trinajstić information content (AvgIpc) is 3.21. The minimum Gasteiger partial charge on any atom is -0.494 e. The number of hydrogen-bond acceptors (Lipinski definition) is 4. The van der Waals surface area contributed by atoms with Gasteiger partial charge in [0, 0.05) is 28.3 Å². The van der Waals surface area contributed by atoms with Gasteiger partial charge in [0.05, 0.1) is 17.8 Å². The molecule has 0 aliphatic heterocycles. The van der Waals surface area contributed by atoms with Gasteiger partial charge in [-0.3, -0.25) is 9.59 Å². The largest absolute Gasteiger partial charge is 0.494 e. The Morgan fingerprint density at radius 2 is 1.77 bits per heavy atom. The van der Waals surface area contributed by atoms with Crippen LogP contribution in [-0.2, 0) is 4.79 Å². The lowest BCUT2D eigenvalue weighted by Crippen LogP contribution is -2.18. The van der Waals surface area contributed by atoms with Gasteiger partial charge in [0.1, 0.15) is 11.5 Å². The van der Waals surface area contributed by atoms with Gasteiger partial charge in [-0.15, -0.1) is 0 Å². The second-order valence-corrected chi connectivity index (χ2v) is 7.64. The summed E-state index contributed by atoms with van der Waals surface area (Å²) in [6.45, 7) is 3.59. The second-order valence-electron chi connectivity index (χ2n) is 6.80. The Balaban J connectivity index is 1.77. The topological polar surface area (TPSA) is 80.6 Å². The maximum atomic E-state index is 12.6. The van der Waals surface area contributed by atoms with E-state index in [0.717, 1.165) is 0 Å². The van der Waals surface area contributed by atoms with Crippen LogP contribution >= 0.6 is 23.2 Å². The van der Waals surface area contributed by atoms with Crippen LogP contribution in [0, 0.1) is 5.92 Å². The Morgan fingerprint density at radius 1 is 1.00 bits per heavy atom. The third kappa shape index (κ3) is 4.96. The van der Waals surface area contributed by atoms with Gasteiger partial charge in [-0.2, -0.15) is 0 Å². The maximum Gasteiger partial charge on any atom is 0.291 e. The van der Waals surface area contributed by atoms with E-state index in [-0.39, 0.29) is 17.6 Å². The van der Waals surface area contributed by atoms with Crippen molar-refractivity contribution in [2.24, 2.45) is 5.92 Å². The van der Waals surface area contributed by atoms with Crippen molar-refractivity contribution in [3.8, 4) is 17.1 Å². The molecule has 0 aliphatic rings. The first-order chi connectivity index (χ1) is 14.3. The predicted molar refractivity (Wildman–Crippen MR) is 119 cm³/mol. The molecule has 3 aromatic rings. The van der Waals surface area contributed by atoms with E-state index in [2.05, 4.69) is 10.6 Å². The van der Waals surface area contributed by atoms with Crippen LogP contribution in [0.4, 0.5) is 11.4 Å². The molecule has 0 radical (unpaired) electrons. The Kier molecular flexibility index (Phi) is 6.70. The summed E-state index contributed by atoms with van der Waals surface area (Å²) in [5, 5.41) is 6.50. The molecule has 2 N–H and O–H groups in total. The van der Waals surface area contributed by atoms with Crippen molar-refractivity contribution in [2.45, 2.75) is 13.8 Å². The molecule has 0 aliphatic carbocycles. The van der Waals surface area contributed by atoms with Crippen molar-refractivity contribution in [3.05, 3.63) is 64.3 Å². The van der Waals surface area contributed by atoms with Crippen LogP contribution in [0.5, 0.6) is 5.75 Å². The zero-order valence-corrected chi connectivity index (χ0v) is 18.1. The maximum absolute atomic E-state index is 12.6. The number of rotatable bonds is 6. The number of nitrogens with one attached hydrogen (secondary N) is 2. The summed E-state index contributed by atoms with van der Waals surface area (Å²) in [6, 6.07) is 13.1. The van der Waals surface area contributed by atoms with Crippen LogP contribution in [0.3, 0.4) is 0 Å². The van der Waals surface area contributed by atoms with Crippen molar-refractivity contribution in [1.29, 1.82) is 0 Å². The van der Waals surface area contributed by atoms with Crippen LogP contribution in [0.15, 0.2) is 52.9 Å². The lowest BCUT2D eigenvalue weighted by atomic mass is 10.2. The van der Waals surface area contributed by atoms with Crippen LogP contribution in [0.25, 0.3) is 11.3 Å². The molecule has 0 bridgehead atoms. The first-order valence-corrected chi connectivity index (χ1v) is 9.89. The zero-order valence-electron chi connectivity index (χ0n) is 16.6. The molecule has 1 aromatic heterocycles. The summed E-state index contributed by atoms with van der Waals surface area (Å²) in [4.78, 5) is 24.5. The SMILES string of the molecule is COc1cc(NC(=O)c2ccc(-c3cc(Cl)ccc3Cl)o2)ccc1NC(=O)C(C)C. The second kappa shape index (κ2) is 9.24. The van der Waals surface area contributed by atoms with Crippen molar-refractivity contribution in [2.75, 3.05) is 17.7 Å². The number of carbonyl (C=O) groups is 2. The molecule has 6 nitrogen and oxygen atoms in total. The molecular weight excluding hydrogens is 427 g/mol. The van der Waals surface area contributed by atoms with E-state index < -0.39 is 5.91 Å². The third-order valence-corrected chi connectivity index (χ3v) is 4.83. The first kappa shape index (κ1) is 21.7. The van der Waals surface area contributed by atoms with E-state index in [1.165, 1.54) is 7.11 Å². The quantitative estimate of drug-likeness (QED) is 0.478. The highest BCUT2D eigenvalue weighted by Gasteiger charge is 2.16. The first-order valence-electron chi connectivity index (χ1n) is 9.14. The van der Waals surface area contributed by atoms with Gasteiger partial charge in [-0.25, -0.2) is 0 Å². The molecule has 8 heteroatoms. The van der Waals surface area contributed by atoms with Crippen molar-refractivity contribution >= 4 is 46.4 Å². The summed E-state index contributed by atoms with van der Waals surface area (Å²) >= 11 is 12.2. The van der Waals surface area contributed by atoms with E-state index in [1.54, 1.807) is 62.4 Å². The van der Waals surface area contributed by atoms with Crippen molar-refractivity contribution < 1.29 is 18.7 Å². The number of hydrogen-bond donors (Lipinski definition) is 2. The molecule has 0 fully saturated rings. The van der Waals surface area contributed by atoms with Gasteiger partial charge >= 0.3 is 0 Å². The fraction of sp³-hybridized carbons (Fsp3) is 0.182. The molecule has 156 valence electrons. The van der Waals surface area contributed by atoms with Crippen LogP contribution in [0.2, 0.25) is 10.0 Å². The Morgan fingerprint density at radius 3 is 2.47 bits per heavy atom. The van der Waals surface area contributed by atoms with Crippen LogP contribution in [-0.4, -0.2) is 18.9 Å². The number of ether oxygens (including phenoxy) is 1. The minimum absolute atomic E-state index is 0.109. The van der Waals surface area contributed by atoms with E-state index in [4.69, 9.17) is 32.4 Å². The van der Waals surface area contributed by atoms with Crippen LogP contribution < -0.4 is 15.4 Å². The summed E-state index contributed by atoms with van der Waals surface area (Å²) in [5.74, 6) is 0.213. The predicted octanol–water partition coefficient (Wildman–Crippen LogP) is 6.11. The fourth-order valence-corrected chi connectivity index (χ4v) is 3.02. The standard InChI is InChI=1S/C22H20Cl2N2O4/c1-12(2)21(27)26-17-7-5-14(11-20(17)29-3)25-22(28)19-9-8-18(30-19)15-10-13(23)4-6-16(15)24/h4-12H,1-3H3,(H,25,28)(H,26,27). The van der Waals surface area contributed by atoms with E-state index >= 15 is 0 Å².